The summed E-state index contributed by atoms with van der Waals surface area (Å²) in [5.41, 5.74) is 2.55. The van der Waals surface area contributed by atoms with E-state index in [9.17, 15) is 9.59 Å². The molecular formula is C16H18N2O3. The van der Waals surface area contributed by atoms with E-state index in [4.69, 9.17) is 5.21 Å². The number of benzene rings is 2. The van der Waals surface area contributed by atoms with Gasteiger partial charge in [-0.1, -0.05) is 26.0 Å². The Bertz CT molecular complexity index is 680. The lowest BCUT2D eigenvalue weighted by atomic mass is 10.0. The van der Waals surface area contributed by atoms with Gasteiger partial charge in [-0.2, -0.15) is 0 Å². The van der Waals surface area contributed by atoms with Crippen LogP contribution in [-0.2, 0) is 0 Å². The van der Waals surface area contributed by atoms with Crippen LogP contribution in [0.5, 0.6) is 0 Å². The van der Waals surface area contributed by atoms with Gasteiger partial charge in [0.25, 0.3) is 11.8 Å². The first-order chi connectivity index (χ1) is 10.0. The number of nitrogens with one attached hydrogen (secondary N) is 2. The van der Waals surface area contributed by atoms with E-state index < -0.39 is 5.91 Å². The first kappa shape index (κ1) is 15.0. The average Bonchev–Trinajstić information content (AvgIpc) is 2.50. The van der Waals surface area contributed by atoms with Crippen LogP contribution in [0.4, 0.5) is 0 Å². The Hall–Kier alpha value is -2.40. The number of amides is 2. The zero-order valence-corrected chi connectivity index (χ0v) is 12.0. The predicted molar refractivity (Wildman–Crippen MR) is 80.4 cm³/mol. The van der Waals surface area contributed by atoms with Crippen LogP contribution >= 0.6 is 0 Å². The number of hydroxylamine groups is 1. The van der Waals surface area contributed by atoms with Gasteiger partial charge in [-0.25, -0.2) is 5.48 Å². The number of hydrogen-bond acceptors (Lipinski definition) is 3. The highest BCUT2D eigenvalue weighted by Gasteiger charge is 2.09. The van der Waals surface area contributed by atoms with Crippen molar-refractivity contribution in [3.8, 4) is 0 Å². The molecule has 5 heteroatoms. The van der Waals surface area contributed by atoms with E-state index in [-0.39, 0.29) is 5.91 Å². The standard InChI is InChI=1S/C16H18N2O3/c1-10(2)9-17-15(19)13-5-3-12-8-14(16(20)18-21)6-4-11(12)7-13/h3-8,10,21H,9H2,1-2H3,(H,17,19)(H,18,20). The van der Waals surface area contributed by atoms with Gasteiger partial charge in [0, 0.05) is 17.7 Å². The predicted octanol–water partition coefficient (Wildman–Crippen LogP) is 2.34. The molecule has 0 aliphatic heterocycles. The van der Waals surface area contributed by atoms with Crippen LogP contribution in [0.1, 0.15) is 34.6 Å². The zero-order chi connectivity index (χ0) is 15.4. The third-order valence-corrected chi connectivity index (χ3v) is 3.14. The molecule has 0 spiro atoms. The molecule has 2 rings (SSSR count). The molecule has 0 heterocycles. The van der Waals surface area contributed by atoms with Crippen LogP contribution in [0.3, 0.4) is 0 Å². The van der Waals surface area contributed by atoms with Crippen molar-refractivity contribution in [2.24, 2.45) is 5.92 Å². The number of carbonyl (C=O) groups is 2. The summed E-state index contributed by atoms with van der Waals surface area (Å²) < 4.78 is 0. The van der Waals surface area contributed by atoms with Crippen molar-refractivity contribution >= 4 is 22.6 Å². The van der Waals surface area contributed by atoms with Crippen molar-refractivity contribution < 1.29 is 14.8 Å². The van der Waals surface area contributed by atoms with Gasteiger partial charge in [-0.3, -0.25) is 14.8 Å². The summed E-state index contributed by atoms with van der Waals surface area (Å²) in [6, 6.07) is 10.3. The monoisotopic (exact) mass is 286 g/mol. The van der Waals surface area contributed by atoms with Gasteiger partial charge in [0.15, 0.2) is 0 Å². The molecule has 0 aliphatic carbocycles. The number of carbonyl (C=O) groups excluding carboxylic acids is 2. The number of fused-ring (bicyclic) bond motifs is 1. The maximum atomic E-state index is 12.0. The van der Waals surface area contributed by atoms with Crippen molar-refractivity contribution in [3.63, 3.8) is 0 Å². The normalized spacial score (nSPS) is 10.7. The van der Waals surface area contributed by atoms with Crippen molar-refractivity contribution in [1.29, 1.82) is 0 Å². The fourth-order valence-electron chi connectivity index (χ4n) is 1.99. The second-order valence-electron chi connectivity index (χ2n) is 5.32. The smallest absolute Gasteiger partial charge is 0.274 e. The summed E-state index contributed by atoms with van der Waals surface area (Å²) in [5.74, 6) is -0.271. The zero-order valence-electron chi connectivity index (χ0n) is 12.0. The molecule has 2 aromatic rings. The van der Waals surface area contributed by atoms with Crippen LogP contribution in [0.2, 0.25) is 0 Å². The summed E-state index contributed by atoms with van der Waals surface area (Å²) >= 11 is 0. The Balaban J connectivity index is 2.26. The lowest BCUT2D eigenvalue weighted by Crippen LogP contribution is -2.27. The van der Waals surface area contributed by atoms with Crippen molar-refractivity contribution in [2.45, 2.75) is 13.8 Å². The molecular weight excluding hydrogens is 268 g/mol. The summed E-state index contributed by atoms with van der Waals surface area (Å²) in [5, 5.41) is 13.2. The molecule has 3 N–H and O–H groups in total. The van der Waals surface area contributed by atoms with Crippen LogP contribution in [0, 0.1) is 5.92 Å². The topological polar surface area (TPSA) is 78.4 Å². The molecule has 0 aromatic heterocycles. The Kier molecular flexibility index (Phi) is 4.55. The van der Waals surface area contributed by atoms with Gasteiger partial charge in [0.2, 0.25) is 0 Å². The molecule has 0 atom stereocenters. The van der Waals surface area contributed by atoms with E-state index >= 15 is 0 Å². The minimum atomic E-state index is -0.560. The summed E-state index contributed by atoms with van der Waals surface area (Å²) in [4.78, 5) is 23.4. The van der Waals surface area contributed by atoms with Crippen LogP contribution < -0.4 is 10.8 Å². The fourth-order valence-corrected chi connectivity index (χ4v) is 1.99. The quantitative estimate of drug-likeness (QED) is 0.596. The molecule has 110 valence electrons. The van der Waals surface area contributed by atoms with Crippen LogP contribution in [-0.4, -0.2) is 23.6 Å². The third-order valence-electron chi connectivity index (χ3n) is 3.14. The summed E-state index contributed by atoms with van der Waals surface area (Å²) in [6.07, 6.45) is 0. The maximum absolute atomic E-state index is 12.0. The van der Waals surface area contributed by atoms with Crippen molar-refractivity contribution in [1.82, 2.24) is 10.8 Å². The lowest BCUT2D eigenvalue weighted by Gasteiger charge is -2.08. The fraction of sp³-hybridized carbons (Fsp3) is 0.250. The molecule has 0 bridgehead atoms. The SMILES string of the molecule is CC(C)CNC(=O)c1ccc2cc(C(=O)NO)ccc2c1. The molecule has 0 saturated carbocycles. The first-order valence-corrected chi connectivity index (χ1v) is 6.77. The molecule has 5 nitrogen and oxygen atoms in total. The van der Waals surface area contributed by atoms with Gasteiger partial charge in [0.05, 0.1) is 0 Å². The van der Waals surface area contributed by atoms with E-state index in [2.05, 4.69) is 5.32 Å². The Labute approximate surface area is 122 Å². The van der Waals surface area contributed by atoms with E-state index in [1.165, 1.54) is 0 Å². The minimum Gasteiger partial charge on any atom is -0.352 e. The van der Waals surface area contributed by atoms with E-state index in [0.717, 1.165) is 10.8 Å². The third kappa shape index (κ3) is 3.58. The van der Waals surface area contributed by atoms with Gasteiger partial charge < -0.3 is 5.32 Å². The number of hydrogen-bond donors (Lipinski definition) is 3. The molecule has 0 saturated heterocycles. The Morgan fingerprint density at radius 3 is 2.00 bits per heavy atom. The highest BCUT2D eigenvalue weighted by molar-refractivity contribution is 6.01. The molecule has 2 aromatic carbocycles. The second-order valence-corrected chi connectivity index (χ2v) is 5.32. The molecule has 0 unspecified atom stereocenters. The molecule has 0 radical (unpaired) electrons. The second kappa shape index (κ2) is 6.37. The Morgan fingerprint density at radius 2 is 1.52 bits per heavy atom. The van der Waals surface area contributed by atoms with Gasteiger partial charge in [-0.05, 0) is 41.0 Å². The largest absolute Gasteiger partial charge is 0.352 e. The Morgan fingerprint density at radius 1 is 1.00 bits per heavy atom. The van der Waals surface area contributed by atoms with Gasteiger partial charge in [0.1, 0.15) is 0 Å². The highest BCUT2D eigenvalue weighted by atomic mass is 16.5. The van der Waals surface area contributed by atoms with Gasteiger partial charge in [-0.15, -0.1) is 0 Å². The summed E-state index contributed by atoms with van der Waals surface area (Å²) in [7, 11) is 0. The highest BCUT2D eigenvalue weighted by Crippen LogP contribution is 2.18. The van der Waals surface area contributed by atoms with Crippen molar-refractivity contribution in [2.75, 3.05) is 6.54 Å². The molecule has 0 fully saturated rings. The lowest BCUT2D eigenvalue weighted by molar-refractivity contribution is 0.0706. The minimum absolute atomic E-state index is 0.109. The van der Waals surface area contributed by atoms with E-state index in [1.807, 2.05) is 13.8 Å². The van der Waals surface area contributed by atoms with E-state index in [1.54, 1.807) is 41.9 Å². The average molecular weight is 286 g/mol. The first-order valence-electron chi connectivity index (χ1n) is 6.77. The van der Waals surface area contributed by atoms with Crippen LogP contribution in [0.25, 0.3) is 10.8 Å². The number of rotatable bonds is 4. The van der Waals surface area contributed by atoms with Crippen LogP contribution in [0.15, 0.2) is 36.4 Å². The molecule has 21 heavy (non-hydrogen) atoms. The van der Waals surface area contributed by atoms with Crippen molar-refractivity contribution in [3.05, 3.63) is 47.5 Å². The molecule has 0 aliphatic rings. The van der Waals surface area contributed by atoms with E-state index in [0.29, 0.717) is 23.6 Å². The summed E-state index contributed by atoms with van der Waals surface area (Å²) in [6.45, 7) is 4.70. The molecule has 2 amide bonds. The van der Waals surface area contributed by atoms with Gasteiger partial charge >= 0.3 is 0 Å². The maximum Gasteiger partial charge on any atom is 0.274 e.